The van der Waals surface area contributed by atoms with Crippen molar-refractivity contribution in [2.45, 2.75) is 6.42 Å². The van der Waals surface area contributed by atoms with E-state index in [0.29, 0.717) is 37.0 Å². The molecular weight excluding hydrogens is 334 g/mol. The Balaban J connectivity index is 1.88. The summed E-state index contributed by atoms with van der Waals surface area (Å²) in [5, 5.41) is 12.4. The normalized spacial score (nSPS) is 13.8. The molecule has 3 rings (SSSR count). The van der Waals surface area contributed by atoms with Crippen LogP contribution in [0, 0.1) is 0 Å². The van der Waals surface area contributed by atoms with Gasteiger partial charge in [-0.1, -0.05) is 24.3 Å². The fourth-order valence-electron chi connectivity index (χ4n) is 2.87. The number of ether oxygens (including phenoxy) is 2. The lowest BCUT2D eigenvalue weighted by molar-refractivity contribution is 0.150. The SMILES string of the molecule is COc1cc(Nc2ccccc2C2=CCN(C(=O)O)CC2)nc(OC)c1. The summed E-state index contributed by atoms with van der Waals surface area (Å²) in [5.41, 5.74) is 3.03. The molecule has 0 bridgehead atoms. The molecule has 1 aromatic heterocycles. The quantitative estimate of drug-likeness (QED) is 0.852. The van der Waals surface area contributed by atoms with E-state index in [2.05, 4.69) is 10.3 Å². The number of amides is 1. The van der Waals surface area contributed by atoms with Crippen LogP contribution in [0.5, 0.6) is 11.6 Å². The van der Waals surface area contributed by atoms with Gasteiger partial charge in [-0.25, -0.2) is 4.79 Å². The first-order valence-corrected chi connectivity index (χ1v) is 8.24. The van der Waals surface area contributed by atoms with Crippen LogP contribution in [0.15, 0.2) is 42.5 Å². The molecule has 1 aliphatic heterocycles. The molecule has 26 heavy (non-hydrogen) atoms. The second kappa shape index (κ2) is 7.77. The number of nitrogens with zero attached hydrogens (tertiary/aromatic N) is 2. The zero-order valence-corrected chi connectivity index (χ0v) is 14.7. The van der Waals surface area contributed by atoms with Gasteiger partial charge in [-0.3, -0.25) is 0 Å². The van der Waals surface area contributed by atoms with E-state index in [1.807, 2.05) is 30.3 Å². The predicted octanol–water partition coefficient (Wildman–Crippen LogP) is 3.61. The Bertz CT molecular complexity index is 813. The van der Waals surface area contributed by atoms with E-state index in [0.717, 1.165) is 16.8 Å². The summed E-state index contributed by atoms with van der Waals surface area (Å²) < 4.78 is 10.5. The number of aromatic nitrogens is 1. The lowest BCUT2D eigenvalue weighted by atomic mass is 9.98. The molecule has 0 unspecified atom stereocenters. The van der Waals surface area contributed by atoms with Crippen molar-refractivity contribution in [1.29, 1.82) is 0 Å². The Hall–Kier alpha value is -3.22. The van der Waals surface area contributed by atoms with Crippen LogP contribution in [0.25, 0.3) is 5.57 Å². The third-order valence-electron chi connectivity index (χ3n) is 4.24. The fraction of sp³-hybridized carbons (Fsp3) is 0.263. The molecule has 0 spiro atoms. The number of anilines is 2. The van der Waals surface area contributed by atoms with Gasteiger partial charge in [-0.05, 0) is 18.1 Å². The topological polar surface area (TPSA) is 83.9 Å². The van der Waals surface area contributed by atoms with Crippen molar-refractivity contribution >= 4 is 23.2 Å². The highest BCUT2D eigenvalue weighted by Crippen LogP contribution is 2.31. The van der Waals surface area contributed by atoms with E-state index in [9.17, 15) is 4.79 Å². The molecule has 1 aliphatic rings. The van der Waals surface area contributed by atoms with Gasteiger partial charge in [0.2, 0.25) is 5.88 Å². The standard InChI is InChI=1S/C19H21N3O4/c1-25-14-11-17(21-18(12-14)26-2)20-16-6-4-3-5-15(16)13-7-9-22(10-8-13)19(23)24/h3-7,11-12H,8-10H2,1-2H3,(H,20,21)(H,23,24). The van der Waals surface area contributed by atoms with Crippen molar-refractivity contribution in [1.82, 2.24) is 9.88 Å². The van der Waals surface area contributed by atoms with Gasteiger partial charge in [0.15, 0.2) is 0 Å². The number of nitrogens with one attached hydrogen (secondary N) is 1. The molecule has 0 atom stereocenters. The molecule has 0 fully saturated rings. The number of pyridine rings is 1. The molecule has 0 aliphatic carbocycles. The van der Waals surface area contributed by atoms with Crippen molar-refractivity contribution in [3.63, 3.8) is 0 Å². The van der Waals surface area contributed by atoms with Crippen LogP contribution >= 0.6 is 0 Å². The van der Waals surface area contributed by atoms with Gasteiger partial charge in [0.05, 0.1) is 14.2 Å². The van der Waals surface area contributed by atoms with E-state index in [1.54, 1.807) is 26.4 Å². The highest BCUT2D eigenvalue weighted by molar-refractivity contribution is 5.80. The summed E-state index contributed by atoms with van der Waals surface area (Å²) in [4.78, 5) is 16.9. The molecule has 1 aromatic carbocycles. The molecule has 7 heteroatoms. The van der Waals surface area contributed by atoms with Crippen molar-refractivity contribution < 1.29 is 19.4 Å². The second-order valence-corrected chi connectivity index (χ2v) is 5.81. The monoisotopic (exact) mass is 355 g/mol. The summed E-state index contributed by atoms with van der Waals surface area (Å²) in [7, 11) is 3.15. The molecule has 0 saturated carbocycles. The average molecular weight is 355 g/mol. The number of methoxy groups -OCH3 is 2. The van der Waals surface area contributed by atoms with Gasteiger partial charge in [0, 0.05) is 36.5 Å². The smallest absolute Gasteiger partial charge is 0.407 e. The van der Waals surface area contributed by atoms with E-state index in [1.165, 1.54) is 4.90 Å². The van der Waals surface area contributed by atoms with E-state index >= 15 is 0 Å². The minimum absolute atomic E-state index is 0.393. The van der Waals surface area contributed by atoms with Gasteiger partial charge in [-0.2, -0.15) is 4.98 Å². The Kier molecular flexibility index (Phi) is 5.26. The highest BCUT2D eigenvalue weighted by Gasteiger charge is 2.18. The summed E-state index contributed by atoms with van der Waals surface area (Å²) in [6.07, 6.45) is 1.73. The Labute approximate surface area is 151 Å². The maximum Gasteiger partial charge on any atom is 0.407 e. The molecule has 1 amide bonds. The number of para-hydroxylation sites is 1. The van der Waals surface area contributed by atoms with Gasteiger partial charge < -0.3 is 24.8 Å². The van der Waals surface area contributed by atoms with Crippen molar-refractivity contribution in [2.75, 3.05) is 32.6 Å². The maximum absolute atomic E-state index is 11.1. The summed E-state index contributed by atoms with van der Waals surface area (Å²) in [5.74, 6) is 1.71. The van der Waals surface area contributed by atoms with Crippen LogP contribution in [0.2, 0.25) is 0 Å². The van der Waals surface area contributed by atoms with Gasteiger partial charge in [-0.15, -0.1) is 0 Å². The molecular formula is C19H21N3O4. The van der Waals surface area contributed by atoms with Crippen LogP contribution in [-0.4, -0.2) is 48.4 Å². The number of carboxylic acid groups (broad SMARTS) is 1. The summed E-state index contributed by atoms with van der Waals surface area (Å²) >= 11 is 0. The molecule has 0 radical (unpaired) electrons. The maximum atomic E-state index is 11.1. The van der Waals surface area contributed by atoms with Crippen LogP contribution in [0.3, 0.4) is 0 Å². The number of hydrogen-bond acceptors (Lipinski definition) is 5. The Morgan fingerprint density at radius 3 is 2.69 bits per heavy atom. The van der Waals surface area contributed by atoms with Crippen LogP contribution < -0.4 is 14.8 Å². The van der Waals surface area contributed by atoms with Crippen LogP contribution in [0.1, 0.15) is 12.0 Å². The molecule has 2 N–H and O–H groups in total. The molecule has 2 heterocycles. The minimum Gasteiger partial charge on any atom is -0.496 e. The van der Waals surface area contributed by atoms with Gasteiger partial charge in [0.25, 0.3) is 0 Å². The predicted molar refractivity (Wildman–Crippen MR) is 99.3 cm³/mol. The molecule has 136 valence electrons. The largest absolute Gasteiger partial charge is 0.496 e. The van der Waals surface area contributed by atoms with Crippen molar-refractivity contribution in [3.05, 3.63) is 48.0 Å². The average Bonchev–Trinajstić information content (AvgIpc) is 2.68. The molecule has 2 aromatic rings. The van der Waals surface area contributed by atoms with Crippen LogP contribution in [0.4, 0.5) is 16.3 Å². The summed E-state index contributed by atoms with van der Waals surface area (Å²) in [6, 6.07) is 11.4. The van der Waals surface area contributed by atoms with E-state index in [4.69, 9.17) is 14.6 Å². The first kappa shape index (κ1) is 17.6. The summed E-state index contributed by atoms with van der Waals surface area (Å²) in [6.45, 7) is 0.880. The lowest BCUT2D eigenvalue weighted by Gasteiger charge is -2.25. The van der Waals surface area contributed by atoms with Gasteiger partial charge in [0.1, 0.15) is 11.6 Å². The minimum atomic E-state index is -0.889. The lowest BCUT2D eigenvalue weighted by Crippen LogP contribution is -2.33. The molecule has 0 saturated heterocycles. The van der Waals surface area contributed by atoms with Gasteiger partial charge >= 0.3 is 6.09 Å². The van der Waals surface area contributed by atoms with Crippen LogP contribution in [-0.2, 0) is 0 Å². The Morgan fingerprint density at radius 1 is 1.23 bits per heavy atom. The first-order valence-electron chi connectivity index (χ1n) is 8.24. The number of carbonyl (C=O) groups is 1. The third kappa shape index (κ3) is 3.88. The van der Waals surface area contributed by atoms with Crippen molar-refractivity contribution in [2.24, 2.45) is 0 Å². The second-order valence-electron chi connectivity index (χ2n) is 5.81. The Morgan fingerprint density at radius 2 is 2.04 bits per heavy atom. The zero-order chi connectivity index (χ0) is 18.5. The number of hydrogen-bond donors (Lipinski definition) is 2. The van der Waals surface area contributed by atoms with E-state index < -0.39 is 6.09 Å². The highest BCUT2D eigenvalue weighted by atomic mass is 16.5. The number of benzene rings is 1. The third-order valence-corrected chi connectivity index (χ3v) is 4.24. The molecule has 7 nitrogen and oxygen atoms in total. The first-order chi connectivity index (χ1) is 12.6. The van der Waals surface area contributed by atoms with Crippen molar-refractivity contribution in [3.8, 4) is 11.6 Å². The zero-order valence-electron chi connectivity index (χ0n) is 14.7. The fourth-order valence-corrected chi connectivity index (χ4v) is 2.87. The number of rotatable bonds is 5. The van der Waals surface area contributed by atoms with E-state index in [-0.39, 0.29) is 0 Å².